The van der Waals surface area contributed by atoms with E-state index in [2.05, 4.69) is 235 Å². The summed E-state index contributed by atoms with van der Waals surface area (Å²) in [5.74, 6) is 1.92. The summed E-state index contributed by atoms with van der Waals surface area (Å²) in [6, 6.07) is 59.7. The van der Waals surface area contributed by atoms with Crippen LogP contribution in [0.5, 0.6) is 11.5 Å². The Kier molecular flexibility index (Phi) is 10.9. The molecular formula is C65H56N6OPt-2. The number of anilines is 3. The van der Waals surface area contributed by atoms with Gasteiger partial charge < -0.3 is 0 Å². The standard InChI is InChI=1S/C65H56N6O.Pt/c1-62(2,3)44-26-31-68-61(36-44)71-57-21-14-13-20-53(57)65(55-39-66-29-27-51(55)52-28-30-67-40-56(52)65)54-24-23-50(38-59(54)71)72-49-19-15-18-47(37-49)69-41-70(48-34-45(63(4,5)6)33-46(35-48)64(7,8)9)60-32-43(22-25-58(60)69)42-16-11-10-12-17-42;/h10-36,39-40H,1-9H3;/q-2;. The molecule has 0 saturated heterocycles. The first kappa shape index (κ1) is 46.6. The van der Waals surface area contributed by atoms with Gasteiger partial charge in [0.15, 0.2) is 0 Å². The summed E-state index contributed by atoms with van der Waals surface area (Å²) in [5.41, 5.74) is 17.8. The van der Waals surface area contributed by atoms with Crippen molar-refractivity contribution < 1.29 is 24.1 Å². The van der Waals surface area contributed by atoms with Gasteiger partial charge in [-0.3, -0.25) is 9.97 Å². The van der Waals surface area contributed by atoms with E-state index in [0.717, 1.165) is 82.3 Å². The molecule has 0 fully saturated rings. The minimum absolute atomic E-state index is 0.0582. The number of hydrogen-bond acceptors (Lipinski definition) is 5. The fourth-order valence-corrected chi connectivity index (χ4v) is 12.0. The second kappa shape index (κ2) is 17.1. The number of benzene rings is 6. The molecule has 7 nitrogen and oxygen atoms in total. The molecular weight excluding hydrogens is 1080 g/mol. The van der Waals surface area contributed by atoms with E-state index < -0.39 is 5.41 Å². The summed E-state index contributed by atoms with van der Waals surface area (Å²) in [7, 11) is 0. The van der Waals surface area contributed by atoms with Crippen molar-refractivity contribution in [3.63, 3.8) is 0 Å². The predicted molar refractivity (Wildman–Crippen MR) is 290 cm³/mol. The van der Waals surface area contributed by atoms with Gasteiger partial charge in [-0.2, -0.15) is 0 Å². The van der Waals surface area contributed by atoms with Gasteiger partial charge in [-0.25, -0.2) is 0 Å². The van der Waals surface area contributed by atoms with E-state index in [-0.39, 0.29) is 16.2 Å². The van der Waals surface area contributed by atoms with Gasteiger partial charge in [-0.1, -0.05) is 39.0 Å². The number of fused-ring (bicyclic) bond motifs is 10. The zero-order chi connectivity index (χ0) is 50.6. The maximum atomic E-state index is 6.97. The van der Waals surface area contributed by atoms with E-state index >= 15 is 0 Å². The van der Waals surface area contributed by atoms with Gasteiger partial charge in [-0.15, -0.1) is 0 Å². The molecule has 0 bridgehead atoms. The molecule has 12 rings (SSSR count). The molecule has 73 heavy (non-hydrogen) atoms. The van der Waals surface area contributed by atoms with Crippen molar-refractivity contribution in [3.8, 4) is 45.1 Å². The summed E-state index contributed by atoms with van der Waals surface area (Å²) in [6.45, 7) is 20.5. The van der Waals surface area contributed by atoms with E-state index in [0.29, 0.717) is 11.5 Å². The molecule has 8 heteroatoms. The molecule has 6 aromatic carbocycles. The molecule has 0 saturated carbocycles. The Labute approximate surface area is 439 Å². The SMILES string of the molecule is CC(C)(C)c1cc(-n2[c](=[Pt])n(-c3[c-]c(Oc4[c-]c5c(cc4)C4(c6cnccc6-c6ccncc64)c4ccccc4N5c4cc(C(C)(C)C)ccn4)ccc3)c3ccc(-c4ccccc4)cc32)cc(C(C)(C)C)c1. The van der Waals surface area contributed by atoms with Crippen LogP contribution in [0, 0.1) is 15.9 Å². The third-order valence-electron chi connectivity index (χ3n) is 14.7. The molecule has 0 amide bonds. The Hall–Kier alpha value is -7.47. The van der Waals surface area contributed by atoms with Gasteiger partial charge in [-0.05, 0) is 40.3 Å². The van der Waals surface area contributed by atoms with Crippen LogP contribution >= 0.6 is 0 Å². The van der Waals surface area contributed by atoms with Gasteiger partial charge in [0.05, 0.1) is 0 Å². The fourth-order valence-electron chi connectivity index (χ4n) is 10.9. The molecule has 0 radical (unpaired) electrons. The van der Waals surface area contributed by atoms with E-state index in [1.807, 2.05) is 49.2 Å². The van der Waals surface area contributed by atoms with Crippen LogP contribution in [-0.4, -0.2) is 24.1 Å². The molecule has 364 valence electrons. The molecule has 4 aromatic heterocycles. The molecule has 1 aliphatic heterocycles. The van der Waals surface area contributed by atoms with Crippen molar-refractivity contribution in [2.45, 2.75) is 84.0 Å². The monoisotopic (exact) mass is 1130 g/mol. The molecule has 0 unspecified atom stereocenters. The van der Waals surface area contributed by atoms with Crippen LogP contribution in [0.2, 0.25) is 0 Å². The number of para-hydroxylation sites is 1. The topological polar surface area (TPSA) is 61.0 Å². The zero-order valence-electron chi connectivity index (χ0n) is 42.7. The summed E-state index contributed by atoms with van der Waals surface area (Å²) < 4.78 is 12.7. The van der Waals surface area contributed by atoms with Crippen molar-refractivity contribution in [2.24, 2.45) is 0 Å². The molecule has 0 N–H and O–H groups in total. The third-order valence-corrected chi connectivity index (χ3v) is 15.7. The first-order valence-electron chi connectivity index (χ1n) is 25.0. The predicted octanol–water partition coefficient (Wildman–Crippen LogP) is 15.8. The van der Waals surface area contributed by atoms with Gasteiger partial charge in [0, 0.05) is 31.0 Å². The van der Waals surface area contributed by atoms with Gasteiger partial charge in [0.1, 0.15) is 0 Å². The summed E-state index contributed by atoms with van der Waals surface area (Å²) in [6.07, 6.45) is 9.73. The first-order chi connectivity index (χ1) is 35.0. The van der Waals surface area contributed by atoms with Crippen molar-refractivity contribution in [3.05, 3.63) is 231 Å². The Balaban J connectivity index is 1.03. The normalized spacial score (nSPS) is 13.7. The van der Waals surface area contributed by atoms with Crippen LogP contribution in [0.25, 0.3) is 44.7 Å². The van der Waals surface area contributed by atoms with Crippen LogP contribution in [0.1, 0.15) is 101 Å². The van der Waals surface area contributed by atoms with Crippen molar-refractivity contribution >= 4 is 28.2 Å². The first-order valence-corrected chi connectivity index (χ1v) is 26.1. The number of nitrogens with zero attached hydrogens (tertiary/aromatic N) is 6. The quantitative estimate of drug-likeness (QED) is 0.155. The van der Waals surface area contributed by atoms with E-state index in [9.17, 15) is 0 Å². The average molecular weight is 1130 g/mol. The van der Waals surface area contributed by atoms with E-state index in [1.54, 1.807) is 0 Å². The van der Waals surface area contributed by atoms with Crippen LogP contribution < -0.4 is 9.64 Å². The summed E-state index contributed by atoms with van der Waals surface area (Å²) in [5, 5.41) is 0. The van der Waals surface area contributed by atoms with Crippen LogP contribution in [-0.2, 0) is 41.0 Å². The van der Waals surface area contributed by atoms with Gasteiger partial charge >= 0.3 is 322 Å². The van der Waals surface area contributed by atoms with Crippen LogP contribution in [0.15, 0.2) is 177 Å². The number of imidazole rings is 1. The number of aromatic nitrogens is 5. The Bertz CT molecular complexity index is 3810. The number of ether oxygens (including phenoxy) is 1. The average Bonchev–Trinajstić information content (AvgIpc) is 3.84. The third kappa shape index (κ3) is 7.66. The second-order valence-electron chi connectivity index (χ2n) is 22.4. The van der Waals surface area contributed by atoms with Gasteiger partial charge in [0.2, 0.25) is 0 Å². The second-order valence-corrected chi connectivity index (χ2v) is 23.5. The van der Waals surface area contributed by atoms with E-state index in [4.69, 9.17) is 19.7 Å². The molecule has 2 aliphatic rings. The van der Waals surface area contributed by atoms with Crippen molar-refractivity contribution in [1.29, 1.82) is 0 Å². The van der Waals surface area contributed by atoms with Gasteiger partial charge in [0.25, 0.3) is 0 Å². The molecule has 1 spiro atoms. The number of pyridine rings is 3. The number of hydrogen-bond donors (Lipinski definition) is 0. The summed E-state index contributed by atoms with van der Waals surface area (Å²) in [4.78, 5) is 16.8. The molecule has 1 aliphatic carbocycles. The zero-order valence-corrected chi connectivity index (χ0v) is 44.9. The Morgan fingerprint density at radius 1 is 0.507 bits per heavy atom. The number of rotatable bonds is 6. The molecule has 10 aromatic rings. The van der Waals surface area contributed by atoms with Crippen molar-refractivity contribution in [2.75, 3.05) is 4.90 Å². The minimum atomic E-state index is -0.736. The van der Waals surface area contributed by atoms with Crippen LogP contribution in [0.4, 0.5) is 17.2 Å². The fraction of sp³-hybridized carbons (Fsp3) is 0.200. The molecule has 5 heterocycles. The Morgan fingerprint density at radius 3 is 1.85 bits per heavy atom. The summed E-state index contributed by atoms with van der Waals surface area (Å²) >= 11 is 2.50. The van der Waals surface area contributed by atoms with E-state index in [1.165, 1.54) is 22.3 Å². The molecule has 0 atom stereocenters. The van der Waals surface area contributed by atoms with Crippen molar-refractivity contribution in [1.82, 2.24) is 24.1 Å². The Morgan fingerprint density at radius 2 is 1.16 bits per heavy atom. The maximum absolute atomic E-state index is 6.97. The van der Waals surface area contributed by atoms with Crippen LogP contribution in [0.3, 0.4) is 0 Å².